The molecular weight excluding hydrogens is 264 g/mol. The summed E-state index contributed by atoms with van der Waals surface area (Å²) < 4.78 is 22.5. The summed E-state index contributed by atoms with van der Waals surface area (Å²) in [4.78, 5) is 12.1. The van der Waals surface area contributed by atoms with Gasteiger partial charge in [-0.1, -0.05) is 20.8 Å². The Balaban J connectivity index is 2.06. The molecule has 4 nitrogen and oxygen atoms in total. The zero-order valence-electron chi connectivity index (χ0n) is 11.3. The maximum absolute atomic E-state index is 12.1. The number of benzene rings is 1. The van der Waals surface area contributed by atoms with Gasteiger partial charge >= 0.3 is 0 Å². The minimum absolute atomic E-state index is 0.0120. The van der Waals surface area contributed by atoms with Gasteiger partial charge in [0.1, 0.15) is 0 Å². The van der Waals surface area contributed by atoms with Gasteiger partial charge in [-0.25, -0.2) is 0 Å². The molecule has 0 fully saturated rings. The highest BCUT2D eigenvalue weighted by Crippen LogP contribution is 2.32. The smallest absolute Gasteiger partial charge is 0.231 e. The molecule has 5 heteroatoms. The molecule has 1 aromatic rings. The van der Waals surface area contributed by atoms with Crippen molar-refractivity contribution in [3.63, 3.8) is 0 Å². The van der Waals surface area contributed by atoms with E-state index in [0.717, 1.165) is 0 Å². The Morgan fingerprint density at radius 1 is 1.26 bits per heavy atom. The van der Waals surface area contributed by atoms with Crippen LogP contribution in [-0.4, -0.2) is 27.8 Å². The molecule has 0 saturated carbocycles. The van der Waals surface area contributed by atoms with Gasteiger partial charge in [0.15, 0.2) is 17.3 Å². The van der Waals surface area contributed by atoms with Crippen molar-refractivity contribution in [1.82, 2.24) is 0 Å². The van der Waals surface area contributed by atoms with Gasteiger partial charge in [0, 0.05) is 21.6 Å². The van der Waals surface area contributed by atoms with Gasteiger partial charge < -0.3 is 9.47 Å². The van der Waals surface area contributed by atoms with E-state index < -0.39 is 10.8 Å². The van der Waals surface area contributed by atoms with E-state index in [4.69, 9.17) is 9.47 Å². The first kappa shape index (κ1) is 14.1. The molecule has 1 heterocycles. The van der Waals surface area contributed by atoms with E-state index in [1.165, 1.54) is 0 Å². The van der Waals surface area contributed by atoms with Crippen molar-refractivity contribution in [2.24, 2.45) is 5.92 Å². The van der Waals surface area contributed by atoms with Crippen LogP contribution in [0.3, 0.4) is 0 Å². The van der Waals surface area contributed by atoms with Crippen LogP contribution in [0.15, 0.2) is 18.2 Å². The standard InChI is InChI=1S/C14H18O4S/c1-9(2)10(3)19(16)7-12(15)11-4-5-13-14(6-11)18-8-17-13/h4-6,9-10H,7-8H2,1-3H3. The summed E-state index contributed by atoms with van der Waals surface area (Å²) in [5.74, 6) is 1.45. The van der Waals surface area contributed by atoms with E-state index >= 15 is 0 Å². The molecule has 2 atom stereocenters. The third kappa shape index (κ3) is 3.15. The van der Waals surface area contributed by atoms with Crippen LogP contribution in [-0.2, 0) is 10.8 Å². The summed E-state index contributed by atoms with van der Waals surface area (Å²) in [5, 5.41) is 0.0120. The predicted molar refractivity (Wildman–Crippen MR) is 74.2 cm³/mol. The maximum atomic E-state index is 12.1. The fraction of sp³-hybridized carbons (Fsp3) is 0.500. The zero-order valence-corrected chi connectivity index (χ0v) is 12.2. The Labute approximate surface area is 115 Å². The lowest BCUT2D eigenvalue weighted by molar-refractivity contribution is 0.102. The first-order chi connectivity index (χ1) is 8.99. The molecule has 0 bridgehead atoms. The van der Waals surface area contributed by atoms with Crippen LogP contribution >= 0.6 is 0 Å². The molecular formula is C14H18O4S. The van der Waals surface area contributed by atoms with Crippen molar-refractivity contribution < 1.29 is 18.5 Å². The van der Waals surface area contributed by atoms with Crippen LogP contribution in [0.25, 0.3) is 0 Å². The SMILES string of the molecule is CC(C)C(C)S(=O)CC(=O)c1ccc2c(c1)OCO2. The van der Waals surface area contributed by atoms with E-state index in [1.807, 2.05) is 20.8 Å². The van der Waals surface area contributed by atoms with Crippen LogP contribution in [0.1, 0.15) is 31.1 Å². The highest BCUT2D eigenvalue weighted by molar-refractivity contribution is 7.86. The lowest BCUT2D eigenvalue weighted by Crippen LogP contribution is -2.24. The lowest BCUT2D eigenvalue weighted by atomic mass is 10.1. The average Bonchev–Trinajstić information content (AvgIpc) is 2.84. The van der Waals surface area contributed by atoms with Gasteiger partial charge in [-0.3, -0.25) is 9.00 Å². The Bertz CT molecular complexity index is 510. The zero-order chi connectivity index (χ0) is 14.0. The number of carbonyl (C=O) groups excluding carboxylic acids is 1. The summed E-state index contributed by atoms with van der Waals surface area (Å²) >= 11 is 0. The Morgan fingerprint density at radius 3 is 2.63 bits per heavy atom. The Hall–Kier alpha value is -1.36. The summed E-state index contributed by atoms with van der Waals surface area (Å²) in [6, 6.07) is 5.05. The van der Waals surface area contributed by atoms with E-state index in [9.17, 15) is 9.00 Å². The second-order valence-corrected chi connectivity index (χ2v) is 6.76. The summed E-state index contributed by atoms with van der Waals surface area (Å²) in [7, 11) is -1.15. The molecule has 104 valence electrons. The molecule has 0 amide bonds. The highest BCUT2D eigenvalue weighted by atomic mass is 32.2. The number of hydrogen-bond donors (Lipinski definition) is 0. The number of fused-ring (bicyclic) bond motifs is 1. The summed E-state index contributed by atoms with van der Waals surface area (Å²) in [6.45, 7) is 6.11. The van der Waals surface area contributed by atoms with Crippen molar-refractivity contribution in [2.75, 3.05) is 12.5 Å². The normalized spacial score (nSPS) is 16.4. The van der Waals surface area contributed by atoms with Gasteiger partial charge in [0.05, 0.1) is 5.75 Å². The van der Waals surface area contributed by atoms with E-state index in [-0.39, 0.29) is 23.6 Å². The monoisotopic (exact) mass is 282 g/mol. The van der Waals surface area contributed by atoms with Crippen LogP contribution in [0, 0.1) is 5.92 Å². The minimum atomic E-state index is -1.15. The number of ketones is 1. The van der Waals surface area contributed by atoms with Crippen molar-refractivity contribution in [3.8, 4) is 11.5 Å². The molecule has 1 aliphatic heterocycles. The Kier molecular flexibility index (Phi) is 4.24. The molecule has 0 saturated heterocycles. The quantitative estimate of drug-likeness (QED) is 0.778. The van der Waals surface area contributed by atoms with Crippen molar-refractivity contribution >= 4 is 16.6 Å². The van der Waals surface area contributed by atoms with Gasteiger partial charge in [-0.15, -0.1) is 0 Å². The third-order valence-electron chi connectivity index (χ3n) is 3.32. The topological polar surface area (TPSA) is 52.6 Å². The number of carbonyl (C=O) groups is 1. The molecule has 1 aromatic carbocycles. The van der Waals surface area contributed by atoms with Gasteiger partial charge in [-0.05, 0) is 24.1 Å². The molecule has 2 unspecified atom stereocenters. The van der Waals surface area contributed by atoms with E-state index in [1.54, 1.807) is 18.2 Å². The molecule has 0 N–H and O–H groups in total. The minimum Gasteiger partial charge on any atom is -0.454 e. The molecule has 1 aliphatic rings. The second-order valence-electron chi connectivity index (χ2n) is 4.97. The van der Waals surface area contributed by atoms with Crippen molar-refractivity contribution in [3.05, 3.63) is 23.8 Å². The molecule has 19 heavy (non-hydrogen) atoms. The summed E-state index contributed by atoms with van der Waals surface area (Å²) in [5.41, 5.74) is 0.522. The van der Waals surface area contributed by atoms with Crippen molar-refractivity contribution in [2.45, 2.75) is 26.0 Å². The predicted octanol–water partition coefficient (Wildman–Crippen LogP) is 2.39. The van der Waals surface area contributed by atoms with Gasteiger partial charge in [0.25, 0.3) is 0 Å². The maximum Gasteiger partial charge on any atom is 0.231 e. The molecule has 2 rings (SSSR count). The fourth-order valence-electron chi connectivity index (χ4n) is 1.72. The number of rotatable bonds is 5. The lowest BCUT2D eigenvalue weighted by Gasteiger charge is -2.14. The Morgan fingerprint density at radius 2 is 1.95 bits per heavy atom. The van der Waals surface area contributed by atoms with Crippen LogP contribution < -0.4 is 9.47 Å². The van der Waals surface area contributed by atoms with Crippen LogP contribution in [0.5, 0.6) is 11.5 Å². The second kappa shape index (κ2) is 5.74. The molecule has 0 aromatic heterocycles. The number of hydrogen-bond acceptors (Lipinski definition) is 4. The van der Waals surface area contributed by atoms with Gasteiger partial charge in [-0.2, -0.15) is 0 Å². The summed E-state index contributed by atoms with van der Waals surface area (Å²) in [6.07, 6.45) is 0. The first-order valence-corrected chi connectivity index (χ1v) is 7.67. The molecule has 0 radical (unpaired) electrons. The van der Waals surface area contributed by atoms with Crippen LogP contribution in [0.4, 0.5) is 0 Å². The third-order valence-corrected chi connectivity index (χ3v) is 5.24. The van der Waals surface area contributed by atoms with E-state index in [0.29, 0.717) is 23.0 Å². The van der Waals surface area contributed by atoms with Crippen molar-refractivity contribution in [1.29, 1.82) is 0 Å². The number of ether oxygens (including phenoxy) is 2. The average molecular weight is 282 g/mol. The largest absolute Gasteiger partial charge is 0.454 e. The molecule has 0 aliphatic carbocycles. The van der Waals surface area contributed by atoms with E-state index in [2.05, 4.69) is 0 Å². The number of Topliss-reactive ketones (excluding diaryl/α,β-unsaturated/α-hetero) is 1. The van der Waals surface area contributed by atoms with Gasteiger partial charge in [0.2, 0.25) is 6.79 Å². The highest BCUT2D eigenvalue weighted by Gasteiger charge is 2.21. The first-order valence-electron chi connectivity index (χ1n) is 6.29. The fourth-order valence-corrected chi connectivity index (χ4v) is 3.01. The van der Waals surface area contributed by atoms with Crippen LogP contribution in [0.2, 0.25) is 0 Å². The molecule has 0 spiro atoms.